The van der Waals surface area contributed by atoms with E-state index in [0.717, 1.165) is 38.4 Å². The summed E-state index contributed by atoms with van der Waals surface area (Å²) in [4.78, 5) is 17.9. The second-order valence-corrected chi connectivity index (χ2v) is 9.53. The Balaban J connectivity index is 1.22. The molecule has 3 fully saturated rings. The van der Waals surface area contributed by atoms with Crippen molar-refractivity contribution in [2.24, 2.45) is 5.92 Å². The van der Waals surface area contributed by atoms with Gasteiger partial charge in [0.1, 0.15) is 11.6 Å². The Labute approximate surface area is 206 Å². The van der Waals surface area contributed by atoms with Gasteiger partial charge >= 0.3 is 0 Å². The summed E-state index contributed by atoms with van der Waals surface area (Å²) in [5.41, 5.74) is 8.83. The van der Waals surface area contributed by atoms with Crippen LogP contribution in [0.25, 0.3) is 0 Å². The molecule has 3 saturated heterocycles. The zero-order valence-corrected chi connectivity index (χ0v) is 20.4. The van der Waals surface area contributed by atoms with Crippen LogP contribution < -0.4 is 31.1 Å². The third kappa shape index (κ3) is 4.99. The van der Waals surface area contributed by atoms with Crippen molar-refractivity contribution in [2.45, 2.75) is 31.6 Å². The van der Waals surface area contributed by atoms with E-state index in [-0.39, 0.29) is 35.9 Å². The number of carbonyl (C=O) groups is 1. The number of piperazine rings is 1. The fraction of sp³-hybridized carbons (Fsp3) is 0.500. The summed E-state index contributed by atoms with van der Waals surface area (Å²) in [7, 11) is 1.56. The first kappa shape index (κ1) is 24.0. The van der Waals surface area contributed by atoms with Crippen LogP contribution in [-0.4, -0.2) is 69.4 Å². The van der Waals surface area contributed by atoms with Gasteiger partial charge in [-0.3, -0.25) is 10.2 Å². The topological polar surface area (TPSA) is 80.9 Å². The van der Waals surface area contributed by atoms with Gasteiger partial charge in [0.15, 0.2) is 0 Å². The number of likely N-dealkylation sites (N-methyl/N-ethyl adjacent to an activating group) is 1. The maximum Gasteiger partial charge on any atom is 0.252 e. The number of hydrogen-bond donors (Lipinski definition) is 4. The molecule has 3 aliphatic rings. The van der Waals surface area contributed by atoms with Crippen molar-refractivity contribution in [2.75, 3.05) is 51.3 Å². The minimum Gasteiger partial charge on any atom is -0.496 e. The summed E-state index contributed by atoms with van der Waals surface area (Å²) >= 11 is 0. The zero-order valence-electron chi connectivity index (χ0n) is 20.4. The molecule has 0 saturated carbocycles. The van der Waals surface area contributed by atoms with Crippen LogP contribution in [-0.2, 0) is 0 Å². The molecule has 0 radical (unpaired) electrons. The van der Waals surface area contributed by atoms with Crippen LogP contribution in [0.15, 0.2) is 42.5 Å². The van der Waals surface area contributed by atoms with Crippen LogP contribution in [0.1, 0.15) is 35.3 Å². The van der Waals surface area contributed by atoms with Gasteiger partial charge in [-0.05, 0) is 49.4 Å². The van der Waals surface area contributed by atoms with Gasteiger partial charge in [0.2, 0.25) is 0 Å². The number of hydrogen-bond acceptors (Lipinski definition) is 7. The highest BCUT2D eigenvalue weighted by Gasteiger charge is 2.42. The summed E-state index contributed by atoms with van der Waals surface area (Å²) in [6.45, 7) is 8.08. The third-order valence-electron chi connectivity index (χ3n) is 7.64. The number of carbonyl (C=O) groups excluding carboxylic acids is 1. The maximum absolute atomic E-state index is 14.7. The van der Waals surface area contributed by atoms with Crippen LogP contribution in [0.4, 0.5) is 10.1 Å². The normalized spacial score (nSPS) is 26.9. The number of anilines is 1. The molecular formula is C26H35FN6O2. The van der Waals surface area contributed by atoms with Crippen molar-refractivity contribution in [1.82, 2.24) is 26.4 Å². The average Bonchev–Trinajstić information content (AvgIpc) is 3.30. The highest BCUT2D eigenvalue weighted by Crippen LogP contribution is 2.36. The van der Waals surface area contributed by atoms with Crippen LogP contribution >= 0.6 is 0 Å². The minimum absolute atomic E-state index is 0.101. The SMILES string of the molecule is CCN1CCN(c2ccc(C(=O)NC3NNC4CNC(c5c(F)cccc5OC)CC43)cc2)CC1. The van der Waals surface area contributed by atoms with Gasteiger partial charge in [0, 0.05) is 67.5 Å². The number of methoxy groups -OCH3 is 1. The largest absolute Gasteiger partial charge is 0.496 e. The van der Waals surface area contributed by atoms with E-state index in [1.54, 1.807) is 19.2 Å². The molecule has 1 amide bonds. The molecule has 35 heavy (non-hydrogen) atoms. The first-order chi connectivity index (χ1) is 17.1. The number of amides is 1. The van der Waals surface area contributed by atoms with E-state index >= 15 is 0 Å². The summed E-state index contributed by atoms with van der Waals surface area (Å²) in [5, 5.41) is 6.57. The van der Waals surface area contributed by atoms with Gasteiger partial charge in [-0.15, -0.1) is 0 Å². The highest BCUT2D eigenvalue weighted by molar-refractivity contribution is 5.94. The van der Waals surface area contributed by atoms with E-state index < -0.39 is 0 Å². The van der Waals surface area contributed by atoms with Crippen molar-refractivity contribution in [3.05, 3.63) is 59.4 Å². The lowest BCUT2D eigenvalue weighted by molar-refractivity contribution is 0.0913. The van der Waals surface area contributed by atoms with E-state index in [4.69, 9.17) is 4.74 Å². The second-order valence-electron chi connectivity index (χ2n) is 9.53. The first-order valence-corrected chi connectivity index (χ1v) is 12.5. The fourth-order valence-corrected chi connectivity index (χ4v) is 5.54. The molecule has 0 aliphatic carbocycles. The molecule has 5 rings (SSSR count). The molecule has 188 valence electrons. The van der Waals surface area contributed by atoms with Crippen molar-refractivity contribution in [3.8, 4) is 5.75 Å². The van der Waals surface area contributed by atoms with Crippen molar-refractivity contribution < 1.29 is 13.9 Å². The number of hydrazine groups is 1. The molecule has 2 aromatic rings. The monoisotopic (exact) mass is 482 g/mol. The first-order valence-electron chi connectivity index (χ1n) is 12.5. The van der Waals surface area contributed by atoms with Gasteiger partial charge in [-0.1, -0.05) is 13.0 Å². The molecule has 3 aliphatic heterocycles. The van der Waals surface area contributed by atoms with Crippen LogP contribution in [0.5, 0.6) is 5.75 Å². The number of ether oxygens (including phenoxy) is 1. The fourth-order valence-electron chi connectivity index (χ4n) is 5.54. The summed E-state index contributed by atoms with van der Waals surface area (Å²) in [5.74, 6) is 0.238. The quantitative estimate of drug-likeness (QED) is 0.501. The Hall–Kier alpha value is -2.72. The Morgan fingerprint density at radius 2 is 1.89 bits per heavy atom. The number of nitrogens with zero attached hydrogens (tertiary/aromatic N) is 2. The molecule has 9 heteroatoms. The number of rotatable bonds is 6. The second kappa shape index (κ2) is 10.5. The number of benzene rings is 2. The molecule has 4 N–H and O–H groups in total. The predicted molar refractivity (Wildman–Crippen MR) is 134 cm³/mol. The van der Waals surface area contributed by atoms with E-state index in [1.165, 1.54) is 6.07 Å². The summed E-state index contributed by atoms with van der Waals surface area (Å²) in [6, 6.07) is 12.7. The number of fused-ring (bicyclic) bond motifs is 1. The maximum atomic E-state index is 14.7. The standard InChI is InChI=1S/C26H35FN6O2/c1-3-32-11-13-33(14-12-32)18-9-7-17(8-10-18)26(34)29-25-19-15-21(28-16-22(19)30-31-25)24-20(27)5-4-6-23(24)35-2/h4-10,19,21-22,25,28,30-31H,3,11-16H2,1-2H3,(H,29,34). The van der Waals surface area contributed by atoms with Crippen LogP contribution in [0, 0.1) is 11.7 Å². The molecule has 2 aromatic carbocycles. The highest BCUT2D eigenvalue weighted by atomic mass is 19.1. The number of nitrogens with one attached hydrogen (secondary N) is 4. The lowest BCUT2D eigenvalue weighted by Crippen LogP contribution is -2.49. The lowest BCUT2D eigenvalue weighted by atomic mass is 9.84. The van der Waals surface area contributed by atoms with Crippen molar-refractivity contribution >= 4 is 11.6 Å². The van der Waals surface area contributed by atoms with Gasteiger partial charge in [0.05, 0.1) is 13.3 Å². The molecule has 0 aromatic heterocycles. The average molecular weight is 483 g/mol. The number of halogens is 1. The molecule has 4 unspecified atom stereocenters. The molecule has 0 spiro atoms. The van der Waals surface area contributed by atoms with Gasteiger partial charge in [-0.2, -0.15) is 0 Å². The summed E-state index contributed by atoms with van der Waals surface area (Å²) < 4.78 is 20.1. The predicted octanol–water partition coefficient (Wildman–Crippen LogP) is 1.86. The molecule has 4 atom stereocenters. The number of piperidine rings is 1. The molecule has 3 heterocycles. The molecular weight excluding hydrogens is 447 g/mol. The summed E-state index contributed by atoms with van der Waals surface area (Å²) in [6.07, 6.45) is 0.409. The minimum atomic E-state index is -0.281. The van der Waals surface area contributed by atoms with E-state index in [9.17, 15) is 9.18 Å². The van der Waals surface area contributed by atoms with Crippen LogP contribution in [0.3, 0.4) is 0 Å². The Kier molecular flexibility index (Phi) is 7.19. The zero-order chi connectivity index (χ0) is 24.4. The molecule has 8 nitrogen and oxygen atoms in total. The van der Waals surface area contributed by atoms with Gasteiger partial charge in [0.25, 0.3) is 5.91 Å². The van der Waals surface area contributed by atoms with Crippen molar-refractivity contribution in [1.29, 1.82) is 0 Å². The molecule has 0 bridgehead atoms. The van der Waals surface area contributed by atoms with Gasteiger partial charge in [-0.25, -0.2) is 9.82 Å². The van der Waals surface area contributed by atoms with Crippen molar-refractivity contribution in [3.63, 3.8) is 0 Å². The van der Waals surface area contributed by atoms with E-state index in [0.29, 0.717) is 29.8 Å². The van der Waals surface area contributed by atoms with Gasteiger partial charge < -0.3 is 25.2 Å². The Bertz CT molecular complexity index is 1030. The smallest absolute Gasteiger partial charge is 0.252 e. The Morgan fingerprint density at radius 1 is 1.11 bits per heavy atom. The van der Waals surface area contributed by atoms with Crippen LogP contribution in [0.2, 0.25) is 0 Å². The Morgan fingerprint density at radius 3 is 2.60 bits per heavy atom. The van der Waals surface area contributed by atoms with E-state index in [2.05, 4.69) is 38.2 Å². The van der Waals surface area contributed by atoms with E-state index in [1.807, 2.05) is 24.3 Å². The third-order valence-corrected chi connectivity index (χ3v) is 7.64. The lowest BCUT2D eigenvalue weighted by Gasteiger charge is -2.35.